The molecule has 0 heterocycles. The van der Waals surface area contributed by atoms with Crippen LogP contribution in [0, 0.1) is 5.41 Å². The van der Waals surface area contributed by atoms with E-state index < -0.39 is 0 Å². The molecule has 0 aromatic carbocycles. The number of hydrogen-bond donors (Lipinski definition) is 0. The van der Waals surface area contributed by atoms with Crippen LogP contribution in [0.4, 0.5) is 0 Å². The van der Waals surface area contributed by atoms with E-state index in [1.165, 1.54) is 25.7 Å². The van der Waals surface area contributed by atoms with Gasteiger partial charge < -0.3 is 0 Å². The molecular weight excluding hydrogens is 212 g/mol. The highest BCUT2D eigenvalue weighted by Gasteiger charge is 2.27. The fourth-order valence-electron chi connectivity index (χ4n) is 2.32. The van der Waals surface area contributed by atoms with Crippen molar-refractivity contribution in [1.82, 2.24) is 0 Å². The molecule has 0 nitrogen and oxygen atoms in total. The maximum Gasteiger partial charge on any atom is 0.00688 e. The summed E-state index contributed by atoms with van der Waals surface area (Å²) in [6.45, 7) is 7.07. The Morgan fingerprint density at radius 2 is 2.08 bits per heavy atom. The molecule has 0 bridgehead atoms. The second-order valence-electron chi connectivity index (χ2n) is 4.44. The summed E-state index contributed by atoms with van der Waals surface area (Å²) in [5.41, 5.74) is 3.81. The van der Waals surface area contributed by atoms with Crippen molar-refractivity contribution in [3.63, 3.8) is 0 Å². The minimum atomic E-state index is 0.468. The Labute approximate surface area is 84.6 Å². The summed E-state index contributed by atoms with van der Waals surface area (Å²) < 4.78 is 0. The molecule has 0 aromatic rings. The summed E-state index contributed by atoms with van der Waals surface area (Å²) in [5.74, 6) is 0. The fraction of sp³-hybridized carbons (Fsp3) is 0.818. The molecule has 0 spiro atoms. The number of allylic oxidation sites excluding steroid dienone is 2. The lowest BCUT2D eigenvalue weighted by Crippen LogP contribution is -2.20. The van der Waals surface area contributed by atoms with Gasteiger partial charge in [0, 0.05) is 5.33 Å². The third kappa shape index (κ3) is 2.12. The minimum Gasteiger partial charge on any atom is -0.0925 e. The van der Waals surface area contributed by atoms with Crippen LogP contribution in [-0.4, -0.2) is 5.33 Å². The van der Waals surface area contributed by atoms with Crippen LogP contribution in [-0.2, 0) is 0 Å². The monoisotopic (exact) mass is 230 g/mol. The van der Waals surface area contributed by atoms with Gasteiger partial charge in [-0.1, -0.05) is 40.9 Å². The lowest BCUT2D eigenvalue weighted by Gasteiger charge is -2.34. The molecule has 0 fully saturated rings. The maximum atomic E-state index is 3.53. The molecule has 0 saturated heterocycles. The van der Waals surface area contributed by atoms with E-state index in [0.717, 1.165) is 5.33 Å². The SMILES string of the molecule is CC1=C(CCBr)C(C)(C)CCC1. The van der Waals surface area contributed by atoms with E-state index in [-0.39, 0.29) is 0 Å². The molecule has 1 aliphatic rings. The molecule has 0 unspecified atom stereocenters. The first-order valence-corrected chi connectivity index (χ1v) is 5.95. The van der Waals surface area contributed by atoms with E-state index >= 15 is 0 Å². The predicted molar refractivity (Wildman–Crippen MR) is 58.7 cm³/mol. The van der Waals surface area contributed by atoms with Crippen LogP contribution in [0.25, 0.3) is 0 Å². The number of alkyl halides is 1. The van der Waals surface area contributed by atoms with Crippen molar-refractivity contribution in [2.75, 3.05) is 5.33 Å². The molecule has 0 aliphatic heterocycles. The summed E-state index contributed by atoms with van der Waals surface area (Å²) in [4.78, 5) is 0. The first kappa shape index (κ1) is 10.3. The maximum absolute atomic E-state index is 3.53. The lowest BCUT2D eigenvalue weighted by atomic mass is 9.72. The zero-order valence-electron chi connectivity index (χ0n) is 8.41. The molecule has 1 heteroatoms. The van der Waals surface area contributed by atoms with E-state index in [9.17, 15) is 0 Å². The normalized spacial score (nSPS) is 23.0. The molecule has 0 radical (unpaired) electrons. The Hall–Kier alpha value is 0.220. The highest BCUT2D eigenvalue weighted by atomic mass is 79.9. The summed E-state index contributed by atoms with van der Waals surface area (Å²) in [5, 5.41) is 1.11. The number of hydrogen-bond acceptors (Lipinski definition) is 0. The van der Waals surface area contributed by atoms with Crippen LogP contribution in [0.3, 0.4) is 0 Å². The molecule has 12 heavy (non-hydrogen) atoms. The van der Waals surface area contributed by atoms with Crippen molar-refractivity contribution in [2.45, 2.75) is 46.5 Å². The van der Waals surface area contributed by atoms with Crippen LogP contribution in [0.15, 0.2) is 11.1 Å². The molecule has 0 amide bonds. The minimum absolute atomic E-state index is 0.468. The van der Waals surface area contributed by atoms with E-state index in [1.54, 1.807) is 11.1 Å². The van der Waals surface area contributed by atoms with Crippen LogP contribution >= 0.6 is 15.9 Å². The lowest BCUT2D eigenvalue weighted by molar-refractivity contribution is 0.358. The Bertz CT molecular complexity index is 189. The van der Waals surface area contributed by atoms with Gasteiger partial charge in [0.15, 0.2) is 0 Å². The van der Waals surface area contributed by atoms with Crippen LogP contribution in [0.1, 0.15) is 46.5 Å². The standard InChI is InChI=1S/C11H19Br/c1-9-5-4-7-11(2,3)10(9)6-8-12/h4-8H2,1-3H3. The van der Waals surface area contributed by atoms with Gasteiger partial charge >= 0.3 is 0 Å². The molecular formula is C11H19Br. The zero-order valence-corrected chi connectivity index (χ0v) is 10.00. The van der Waals surface area contributed by atoms with Gasteiger partial charge in [-0.25, -0.2) is 0 Å². The Morgan fingerprint density at radius 3 is 2.58 bits per heavy atom. The van der Waals surface area contributed by atoms with Gasteiger partial charge in [0.25, 0.3) is 0 Å². The van der Waals surface area contributed by atoms with Crippen molar-refractivity contribution < 1.29 is 0 Å². The van der Waals surface area contributed by atoms with Gasteiger partial charge in [-0.15, -0.1) is 0 Å². The van der Waals surface area contributed by atoms with Crippen molar-refractivity contribution in [3.8, 4) is 0 Å². The van der Waals surface area contributed by atoms with Crippen LogP contribution in [0.5, 0.6) is 0 Å². The molecule has 0 N–H and O–H groups in total. The van der Waals surface area contributed by atoms with Crippen LogP contribution < -0.4 is 0 Å². The predicted octanol–water partition coefficient (Wildman–Crippen LogP) is 4.30. The van der Waals surface area contributed by atoms with Gasteiger partial charge in [-0.2, -0.15) is 0 Å². The Kier molecular flexibility index (Phi) is 3.39. The van der Waals surface area contributed by atoms with E-state index in [4.69, 9.17) is 0 Å². The van der Waals surface area contributed by atoms with Crippen molar-refractivity contribution in [1.29, 1.82) is 0 Å². The smallest absolute Gasteiger partial charge is 0.00688 e. The van der Waals surface area contributed by atoms with E-state index in [0.29, 0.717) is 5.41 Å². The number of rotatable bonds is 2. The largest absolute Gasteiger partial charge is 0.0925 e. The van der Waals surface area contributed by atoms with Gasteiger partial charge in [0.2, 0.25) is 0 Å². The van der Waals surface area contributed by atoms with Crippen molar-refractivity contribution in [2.24, 2.45) is 5.41 Å². The highest BCUT2D eigenvalue weighted by Crippen LogP contribution is 2.41. The fourth-order valence-corrected chi connectivity index (χ4v) is 2.72. The molecule has 70 valence electrons. The summed E-state index contributed by atoms with van der Waals surface area (Å²) >= 11 is 3.53. The third-order valence-electron chi connectivity index (χ3n) is 3.03. The Balaban J connectivity index is 2.84. The van der Waals surface area contributed by atoms with Crippen molar-refractivity contribution >= 4 is 15.9 Å². The van der Waals surface area contributed by atoms with Gasteiger partial charge in [0.05, 0.1) is 0 Å². The second kappa shape index (κ2) is 3.95. The molecule has 1 aliphatic carbocycles. The first-order chi connectivity index (χ1) is 5.58. The second-order valence-corrected chi connectivity index (χ2v) is 5.23. The van der Waals surface area contributed by atoms with E-state index in [1.807, 2.05) is 0 Å². The topological polar surface area (TPSA) is 0 Å². The average molecular weight is 231 g/mol. The molecule has 1 rings (SSSR count). The summed E-state index contributed by atoms with van der Waals surface area (Å²) in [6.07, 6.45) is 5.31. The van der Waals surface area contributed by atoms with Crippen LogP contribution in [0.2, 0.25) is 0 Å². The van der Waals surface area contributed by atoms with Gasteiger partial charge in [-0.3, -0.25) is 0 Å². The quantitative estimate of drug-likeness (QED) is 0.491. The Morgan fingerprint density at radius 1 is 1.42 bits per heavy atom. The van der Waals surface area contributed by atoms with Crippen molar-refractivity contribution in [3.05, 3.63) is 11.1 Å². The molecule has 0 saturated carbocycles. The molecule has 0 aromatic heterocycles. The highest BCUT2D eigenvalue weighted by molar-refractivity contribution is 9.09. The summed E-state index contributed by atoms with van der Waals surface area (Å²) in [7, 11) is 0. The van der Waals surface area contributed by atoms with Gasteiger partial charge in [0.1, 0.15) is 0 Å². The van der Waals surface area contributed by atoms with E-state index in [2.05, 4.69) is 36.7 Å². The average Bonchev–Trinajstić information content (AvgIpc) is 1.97. The van der Waals surface area contributed by atoms with Gasteiger partial charge in [-0.05, 0) is 38.0 Å². The molecule has 0 atom stereocenters. The number of halogens is 1. The summed E-state index contributed by atoms with van der Waals surface area (Å²) in [6, 6.07) is 0. The zero-order chi connectivity index (χ0) is 9.19. The third-order valence-corrected chi connectivity index (χ3v) is 3.43. The first-order valence-electron chi connectivity index (χ1n) is 4.83.